The maximum absolute atomic E-state index is 5.54. The summed E-state index contributed by atoms with van der Waals surface area (Å²) in [4.78, 5) is 0. The molecule has 0 amide bonds. The number of unbranched alkanes of at least 4 members (excludes halogenated alkanes) is 3. The monoisotopic (exact) mass is 208 g/mol. The van der Waals surface area contributed by atoms with E-state index in [0.717, 1.165) is 19.6 Å². The molecule has 0 saturated carbocycles. The molecular formula is C14H24O. The minimum atomic E-state index is 0.790. The summed E-state index contributed by atoms with van der Waals surface area (Å²) in [6.45, 7) is 11.3. The van der Waals surface area contributed by atoms with Gasteiger partial charge in [-0.1, -0.05) is 57.6 Å². The minimum absolute atomic E-state index is 0.790. The first-order valence-electron chi connectivity index (χ1n) is 5.87. The molecule has 0 spiro atoms. The molecule has 0 fully saturated rings. The second kappa shape index (κ2) is 11.3. The van der Waals surface area contributed by atoms with Crippen molar-refractivity contribution in [1.29, 1.82) is 0 Å². The van der Waals surface area contributed by atoms with E-state index in [0.29, 0.717) is 0 Å². The second-order valence-corrected chi connectivity index (χ2v) is 3.60. The Morgan fingerprint density at radius 1 is 1.13 bits per heavy atom. The van der Waals surface area contributed by atoms with Crippen LogP contribution in [0.4, 0.5) is 0 Å². The van der Waals surface area contributed by atoms with Gasteiger partial charge in [0.2, 0.25) is 0 Å². The summed E-state index contributed by atoms with van der Waals surface area (Å²) in [7, 11) is 0. The summed E-state index contributed by atoms with van der Waals surface area (Å²) < 4.78 is 5.54. The highest BCUT2D eigenvalue weighted by Crippen LogP contribution is 2.04. The van der Waals surface area contributed by atoms with E-state index in [1.165, 1.54) is 31.3 Å². The van der Waals surface area contributed by atoms with Crippen molar-refractivity contribution in [1.82, 2.24) is 0 Å². The maximum Gasteiger partial charge on any atom is 0.0506 e. The molecule has 1 heteroatoms. The predicted octanol–water partition coefficient (Wildman–Crippen LogP) is 4.27. The summed E-state index contributed by atoms with van der Waals surface area (Å²) in [5.41, 5.74) is 1.19. The normalized spacial score (nSPS) is 11.4. The zero-order valence-corrected chi connectivity index (χ0v) is 10.0. The smallest absolute Gasteiger partial charge is 0.0506 e. The molecule has 0 heterocycles. The number of hydrogen-bond donors (Lipinski definition) is 0. The summed E-state index contributed by atoms with van der Waals surface area (Å²) >= 11 is 0. The summed E-state index contributed by atoms with van der Waals surface area (Å²) in [6, 6.07) is 0. The first-order chi connectivity index (χ1) is 7.35. The lowest BCUT2D eigenvalue weighted by atomic mass is 10.2. The van der Waals surface area contributed by atoms with Crippen LogP contribution in [0.25, 0.3) is 0 Å². The fraction of sp³-hybridized carbons (Fsp3) is 0.571. The van der Waals surface area contributed by atoms with Crippen molar-refractivity contribution in [2.24, 2.45) is 0 Å². The van der Waals surface area contributed by atoms with Gasteiger partial charge < -0.3 is 4.74 Å². The van der Waals surface area contributed by atoms with E-state index < -0.39 is 0 Å². The summed E-state index contributed by atoms with van der Waals surface area (Å²) in [6.07, 6.45) is 11.6. The van der Waals surface area contributed by atoms with E-state index in [4.69, 9.17) is 4.74 Å². The molecule has 0 radical (unpaired) electrons. The molecule has 0 N–H and O–H groups in total. The molecule has 0 aliphatic carbocycles. The molecular weight excluding hydrogens is 184 g/mol. The van der Waals surface area contributed by atoms with Crippen LogP contribution in [0.15, 0.2) is 37.0 Å². The van der Waals surface area contributed by atoms with Crippen LogP contribution in [-0.2, 0) is 4.74 Å². The Bertz CT molecular complexity index is 192. The van der Waals surface area contributed by atoms with E-state index in [1.54, 1.807) is 6.08 Å². The molecule has 0 aromatic rings. The van der Waals surface area contributed by atoms with Crippen molar-refractivity contribution in [2.75, 3.05) is 13.2 Å². The number of hydrogen-bond acceptors (Lipinski definition) is 1. The molecule has 86 valence electrons. The van der Waals surface area contributed by atoms with Gasteiger partial charge in [0.25, 0.3) is 0 Å². The van der Waals surface area contributed by atoms with E-state index >= 15 is 0 Å². The molecule has 1 nitrogen and oxygen atoms in total. The van der Waals surface area contributed by atoms with Crippen molar-refractivity contribution in [3.8, 4) is 0 Å². The Morgan fingerprint density at radius 3 is 2.53 bits per heavy atom. The van der Waals surface area contributed by atoms with Crippen LogP contribution in [-0.4, -0.2) is 13.2 Å². The third-order valence-electron chi connectivity index (χ3n) is 2.27. The maximum atomic E-state index is 5.54. The SMILES string of the molecule is C=C/C=C(\C=C)CCOCCCCCC. The molecule has 0 saturated heterocycles. The van der Waals surface area contributed by atoms with Crippen LogP contribution in [0.2, 0.25) is 0 Å². The number of ether oxygens (including phenoxy) is 1. The standard InChI is InChI=1S/C14H24O/c1-4-7-8-9-12-15-13-11-14(6-3)10-5-2/h5-6,10H,2-4,7-9,11-13H2,1H3/b14-10+. The zero-order valence-electron chi connectivity index (χ0n) is 10.0. The molecule has 0 unspecified atom stereocenters. The minimum Gasteiger partial charge on any atom is -0.381 e. The van der Waals surface area contributed by atoms with Crippen molar-refractivity contribution >= 4 is 0 Å². The highest BCUT2D eigenvalue weighted by molar-refractivity contribution is 5.20. The first kappa shape index (κ1) is 14.2. The highest BCUT2D eigenvalue weighted by atomic mass is 16.5. The van der Waals surface area contributed by atoms with E-state index in [9.17, 15) is 0 Å². The molecule has 0 aromatic carbocycles. The van der Waals surface area contributed by atoms with Gasteiger partial charge in [-0.3, -0.25) is 0 Å². The van der Waals surface area contributed by atoms with Gasteiger partial charge in [-0.2, -0.15) is 0 Å². The van der Waals surface area contributed by atoms with Gasteiger partial charge in [0.15, 0.2) is 0 Å². The van der Waals surface area contributed by atoms with Gasteiger partial charge in [-0.05, 0) is 18.4 Å². The Morgan fingerprint density at radius 2 is 1.93 bits per heavy atom. The van der Waals surface area contributed by atoms with Crippen LogP contribution < -0.4 is 0 Å². The van der Waals surface area contributed by atoms with Gasteiger partial charge in [-0.15, -0.1) is 0 Å². The van der Waals surface area contributed by atoms with E-state index in [-0.39, 0.29) is 0 Å². The van der Waals surface area contributed by atoms with Crippen LogP contribution in [0.3, 0.4) is 0 Å². The van der Waals surface area contributed by atoms with Gasteiger partial charge in [0.05, 0.1) is 6.61 Å². The third kappa shape index (κ3) is 9.48. The lowest BCUT2D eigenvalue weighted by Crippen LogP contribution is -1.97. The Kier molecular flexibility index (Phi) is 10.6. The van der Waals surface area contributed by atoms with Gasteiger partial charge in [0, 0.05) is 6.61 Å². The third-order valence-corrected chi connectivity index (χ3v) is 2.27. The van der Waals surface area contributed by atoms with Crippen LogP contribution >= 0.6 is 0 Å². The topological polar surface area (TPSA) is 9.23 Å². The predicted molar refractivity (Wildman–Crippen MR) is 68.1 cm³/mol. The van der Waals surface area contributed by atoms with Gasteiger partial charge in [0.1, 0.15) is 0 Å². The quantitative estimate of drug-likeness (QED) is 0.385. The Hall–Kier alpha value is -0.820. The molecule has 15 heavy (non-hydrogen) atoms. The van der Waals surface area contributed by atoms with Crippen molar-refractivity contribution in [3.63, 3.8) is 0 Å². The summed E-state index contributed by atoms with van der Waals surface area (Å²) in [5.74, 6) is 0. The molecule has 0 rings (SSSR count). The number of allylic oxidation sites excluding steroid dienone is 3. The molecule has 0 aliphatic heterocycles. The number of rotatable bonds is 10. The zero-order chi connectivity index (χ0) is 11.4. The van der Waals surface area contributed by atoms with Crippen LogP contribution in [0.5, 0.6) is 0 Å². The fourth-order valence-corrected chi connectivity index (χ4v) is 1.33. The molecule has 0 aliphatic rings. The molecule has 0 aromatic heterocycles. The lowest BCUT2D eigenvalue weighted by molar-refractivity contribution is 0.133. The van der Waals surface area contributed by atoms with Crippen molar-refractivity contribution < 1.29 is 4.74 Å². The summed E-state index contributed by atoms with van der Waals surface area (Å²) in [5, 5.41) is 0. The Labute approximate surface area is 94.5 Å². The second-order valence-electron chi connectivity index (χ2n) is 3.60. The average Bonchev–Trinajstić information content (AvgIpc) is 2.26. The molecule has 0 atom stereocenters. The van der Waals surface area contributed by atoms with Gasteiger partial charge >= 0.3 is 0 Å². The van der Waals surface area contributed by atoms with Crippen molar-refractivity contribution in [2.45, 2.75) is 39.0 Å². The van der Waals surface area contributed by atoms with Crippen LogP contribution in [0, 0.1) is 0 Å². The van der Waals surface area contributed by atoms with E-state index in [1.807, 2.05) is 12.2 Å². The van der Waals surface area contributed by atoms with Gasteiger partial charge in [-0.25, -0.2) is 0 Å². The first-order valence-corrected chi connectivity index (χ1v) is 5.87. The highest BCUT2D eigenvalue weighted by Gasteiger charge is 1.92. The Balaban J connectivity index is 3.33. The largest absolute Gasteiger partial charge is 0.381 e. The lowest BCUT2D eigenvalue weighted by Gasteiger charge is -2.04. The van der Waals surface area contributed by atoms with Crippen LogP contribution in [0.1, 0.15) is 39.0 Å². The fourth-order valence-electron chi connectivity index (χ4n) is 1.33. The average molecular weight is 208 g/mol. The van der Waals surface area contributed by atoms with E-state index in [2.05, 4.69) is 20.1 Å². The van der Waals surface area contributed by atoms with Crippen molar-refractivity contribution in [3.05, 3.63) is 37.0 Å². The molecule has 0 bridgehead atoms.